The number of hydrogen-bond donors (Lipinski definition) is 1. The third-order valence-corrected chi connectivity index (χ3v) is 9.34. The topological polar surface area (TPSA) is 105 Å². The van der Waals surface area contributed by atoms with E-state index < -0.39 is 28.5 Å². The van der Waals surface area contributed by atoms with Gasteiger partial charge in [-0.05, 0) is 61.2 Å². The van der Waals surface area contributed by atoms with Crippen molar-refractivity contribution in [2.24, 2.45) is 0 Å². The average Bonchev–Trinajstić information content (AvgIpc) is 3.53. The zero-order valence-electron chi connectivity index (χ0n) is 24.4. The lowest BCUT2D eigenvalue weighted by Gasteiger charge is -2.34. The van der Waals surface area contributed by atoms with Crippen LogP contribution in [0.4, 0.5) is 5.69 Å². The first-order chi connectivity index (χ1) is 20.3. The Kier molecular flexibility index (Phi) is 10.5. The lowest BCUT2D eigenvalue weighted by molar-refractivity contribution is -0.140. The van der Waals surface area contributed by atoms with Gasteiger partial charge in [-0.1, -0.05) is 62.2 Å². The summed E-state index contributed by atoms with van der Waals surface area (Å²) in [6.45, 7) is 1.44. The maximum Gasteiger partial charge on any atom is 0.264 e. The molecule has 1 fully saturated rings. The summed E-state index contributed by atoms with van der Waals surface area (Å²) in [6.07, 6.45) is 4.29. The predicted molar refractivity (Wildman–Crippen MR) is 162 cm³/mol. The SMILES string of the molecule is CC[C@@H](C(=O)NC1CCCC1)N(Cc1ccc(OC)cc1)C(=O)CN(c1ccccc1OC)S(=O)(=O)c1ccccc1. The Balaban J connectivity index is 1.73. The Morgan fingerprint density at radius 3 is 2.17 bits per heavy atom. The van der Waals surface area contributed by atoms with E-state index in [1.165, 1.54) is 24.1 Å². The second-order valence-electron chi connectivity index (χ2n) is 10.3. The van der Waals surface area contributed by atoms with E-state index in [0.29, 0.717) is 17.9 Å². The van der Waals surface area contributed by atoms with Crippen LogP contribution in [0.1, 0.15) is 44.6 Å². The van der Waals surface area contributed by atoms with Crippen molar-refractivity contribution in [3.8, 4) is 11.5 Å². The van der Waals surface area contributed by atoms with E-state index in [-0.39, 0.29) is 29.1 Å². The van der Waals surface area contributed by atoms with Crippen molar-refractivity contribution in [1.29, 1.82) is 0 Å². The normalized spacial score (nSPS) is 14.2. The molecule has 0 heterocycles. The summed E-state index contributed by atoms with van der Waals surface area (Å²) >= 11 is 0. The second-order valence-corrected chi connectivity index (χ2v) is 12.1. The molecule has 3 aromatic rings. The first kappa shape index (κ1) is 30.9. The van der Waals surface area contributed by atoms with Crippen LogP contribution in [0.2, 0.25) is 0 Å². The number of anilines is 1. The first-order valence-corrected chi connectivity index (χ1v) is 15.7. The fourth-order valence-electron chi connectivity index (χ4n) is 5.28. The van der Waals surface area contributed by atoms with E-state index in [0.717, 1.165) is 35.6 Å². The van der Waals surface area contributed by atoms with Gasteiger partial charge in [-0.15, -0.1) is 0 Å². The smallest absolute Gasteiger partial charge is 0.264 e. The minimum atomic E-state index is -4.18. The summed E-state index contributed by atoms with van der Waals surface area (Å²) < 4.78 is 39.8. The molecule has 10 heteroatoms. The largest absolute Gasteiger partial charge is 0.497 e. The fourth-order valence-corrected chi connectivity index (χ4v) is 6.73. The van der Waals surface area contributed by atoms with Gasteiger partial charge in [-0.25, -0.2) is 8.42 Å². The number of para-hydroxylation sites is 2. The fraction of sp³-hybridized carbons (Fsp3) is 0.375. The van der Waals surface area contributed by atoms with Gasteiger partial charge in [0.1, 0.15) is 24.1 Å². The third-order valence-electron chi connectivity index (χ3n) is 7.56. The highest BCUT2D eigenvalue weighted by Gasteiger charge is 2.35. The van der Waals surface area contributed by atoms with Crippen molar-refractivity contribution in [2.45, 2.75) is 62.6 Å². The number of carbonyl (C=O) groups is 2. The molecule has 0 saturated heterocycles. The second kappa shape index (κ2) is 14.2. The van der Waals surface area contributed by atoms with Crippen LogP contribution in [0.25, 0.3) is 0 Å². The van der Waals surface area contributed by atoms with Crippen molar-refractivity contribution in [2.75, 3.05) is 25.1 Å². The van der Waals surface area contributed by atoms with Crippen LogP contribution in [0.15, 0.2) is 83.8 Å². The lowest BCUT2D eigenvalue weighted by Crippen LogP contribution is -2.53. The van der Waals surface area contributed by atoms with Gasteiger partial charge in [0.15, 0.2) is 0 Å². The van der Waals surface area contributed by atoms with Gasteiger partial charge in [-0.2, -0.15) is 0 Å². The van der Waals surface area contributed by atoms with Gasteiger partial charge in [0, 0.05) is 12.6 Å². The molecule has 1 aliphatic carbocycles. The minimum Gasteiger partial charge on any atom is -0.497 e. The summed E-state index contributed by atoms with van der Waals surface area (Å²) in [5.74, 6) is 0.224. The van der Waals surface area contributed by atoms with E-state index in [1.807, 2.05) is 19.1 Å². The maximum atomic E-state index is 14.2. The first-order valence-electron chi connectivity index (χ1n) is 14.2. The molecule has 3 aromatic carbocycles. The van der Waals surface area contributed by atoms with Gasteiger partial charge < -0.3 is 19.7 Å². The summed E-state index contributed by atoms with van der Waals surface area (Å²) in [6, 6.07) is 21.2. The van der Waals surface area contributed by atoms with Crippen molar-refractivity contribution in [3.05, 3.63) is 84.4 Å². The summed E-state index contributed by atoms with van der Waals surface area (Å²) in [5.41, 5.74) is 1.01. The minimum absolute atomic E-state index is 0.0384. The Morgan fingerprint density at radius 2 is 1.55 bits per heavy atom. The molecule has 224 valence electrons. The number of carbonyl (C=O) groups excluding carboxylic acids is 2. The molecule has 0 aromatic heterocycles. The van der Waals surface area contributed by atoms with Crippen LogP contribution in [-0.4, -0.2) is 58.0 Å². The molecule has 0 aliphatic heterocycles. The zero-order chi connectivity index (χ0) is 30.1. The number of methoxy groups -OCH3 is 2. The Labute approximate surface area is 248 Å². The highest BCUT2D eigenvalue weighted by atomic mass is 32.2. The standard InChI is InChI=1S/C32H39N3O6S/c1-4-28(32(37)33-25-12-8-9-13-25)34(22-24-18-20-26(40-2)21-19-24)31(36)23-35(29-16-10-11-17-30(29)41-3)42(38,39)27-14-6-5-7-15-27/h5-7,10-11,14-21,25,28H,4,8-9,12-13,22-23H2,1-3H3,(H,33,37)/t28-/m0/s1. The summed E-state index contributed by atoms with van der Waals surface area (Å²) in [7, 11) is -1.16. The van der Waals surface area contributed by atoms with Crippen LogP contribution < -0.4 is 19.1 Å². The van der Waals surface area contributed by atoms with E-state index in [9.17, 15) is 18.0 Å². The highest BCUT2D eigenvalue weighted by molar-refractivity contribution is 7.92. The molecular formula is C32H39N3O6S. The van der Waals surface area contributed by atoms with Crippen molar-refractivity contribution in [1.82, 2.24) is 10.2 Å². The van der Waals surface area contributed by atoms with Crippen molar-refractivity contribution in [3.63, 3.8) is 0 Å². The van der Waals surface area contributed by atoms with Crippen LogP contribution in [-0.2, 0) is 26.2 Å². The molecule has 4 rings (SSSR count). The quantitative estimate of drug-likeness (QED) is 0.306. The third kappa shape index (κ3) is 7.23. The molecule has 1 aliphatic rings. The number of sulfonamides is 1. The van der Waals surface area contributed by atoms with Crippen LogP contribution in [0.3, 0.4) is 0 Å². The molecule has 0 unspecified atom stereocenters. The number of amides is 2. The van der Waals surface area contributed by atoms with Gasteiger partial charge >= 0.3 is 0 Å². The molecule has 9 nitrogen and oxygen atoms in total. The van der Waals surface area contributed by atoms with Crippen LogP contribution in [0, 0.1) is 0 Å². The molecule has 1 atom stereocenters. The molecular weight excluding hydrogens is 554 g/mol. The number of nitrogens with zero attached hydrogens (tertiary/aromatic N) is 2. The molecule has 1 N–H and O–H groups in total. The van der Waals surface area contributed by atoms with Gasteiger partial charge in [0.05, 0.1) is 24.8 Å². The molecule has 0 spiro atoms. The van der Waals surface area contributed by atoms with Gasteiger partial charge in [0.25, 0.3) is 10.0 Å². The molecule has 0 bridgehead atoms. The Bertz CT molecular complexity index is 1440. The van der Waals surface area contributed by atoms with Gasteiger partial charge in [-0.3, -0.25) is 13.9 Å². The molecule has 2 amide bonds. The maximum absolute atomic E-state index is 14.2. The zero-order valence-corrected chi connectivity index (χ0v) is 25.2. The number of rotatable bonds is 13. The van der Waals surface area contributed by atoms with E-state index >= 15 is 0 Å². The summed E-state index contributed by atoms with van der Waals surface area (Å²) in [5, 5.41) is 3.12. The number of ether oxygens (including phenoxy) is 2. The highest BCUT2D eigenvalue weighted by Crippen LogP contribution is 2.32. The number of hydrogen-bond acceptors (Lipinski definition) is 6. The Morgan fingerprint density at radius 1 is 0.905 bits per heavy atom. The number of benzene rings is 3. The molecule has 0 radical (unpaired) electrons. The van der Waals surface area contributed by atoms with E-state index in [1.54, 1.807) is 61.7 Å². The van der Waals surface area contributed by atoms with E-state index in [2.05, 4.69) is 5.32 Å². The predicted octanol–water partition coefficient (Wildman–Crippen LogP) is 4.77. The van der Waals surface area contributed by atoms with Gasteiger partial charge in [0.2, 0.25) is 11.8 Å². The molecule has 42 heavy (non-hydrogen) atoms. The van der Waals surface area contributed by atoms with Crippen molar-refractivity contribution >= 4 is 27.5 Å². The lowest BCUT2D eigenvalue weighted by atomic mass is 10.1. The van der Waals surface area contributed by atoms with E-state index in [4.69, 9.17) is 9.47 Å². The average molecular weight is 594 g/mol. The number of nitrogens with one attached hydrogen (secondary N) is 1. The van der Waals surface area contributed by atoms with Crippen LogP contribution in [0.5, 0.6) is 11.5 Å². The Hall–Kier alpha value is -4.05. The van der Waals surface area contributed by atoms with Crippen molar-refractivity contribution < 1.29 is 27.5 Å². The monoisotopic (exact) mass is 593 g/mol. The summed E-state index contributed by atoms with van der Waals surface area (Å²) in [4.78, 5) is 29.3. The van der Waals surface area contributed by atoms with Crippen LogP contribution >= 0.6 is 0 Å². The molecule has 1 saturated carbocycles.